The van der Waals surface area contributed by atoms with Crippen LogP contribution >= 0.6 is 0 Å². The Morgan fingerprint density at radius 3 is 2.53 bits per heavy atom. The highest BCUT2D eigenvalue weighted by atomic mass is 16.5. The van der Waals surface area contributed by atoms with Crippen molar-refractivity contribution in [2.75, 3.05) is 18.5 Å². The van der Waals surface area contributed by atoms with Gasteiger partial charge in [-0.1, -0.05) is 0 Å². The third kappa shape index (κ3) is 4.34. The monoisotopic (exact) mass is 269 g/mol. The molecule has 19 heavy (non-hydrogen) atoms. The number of carbonyl (C=O) groups is 3. The normalized spacial score (nSPS) is 9.58. The van der Waals surface area contributed by atoms with Crippen molar-refractivity contribution in [1.29, 1.82) is 0 Å². The first-order valence-electron chi connectivity index (χ1n) is 5.67. The van der Waals surface area contributed by atoms with Crippen LogP contribution in [0.15, 0.2) is 12.3 Å². The molecule has 1 rings (SSSR count). The molecule has 1 heterocycles. The maximum absolute atomic E-state index is 11.5. The fourth-order valence-corrected chi connectivity index (χ4v) is 1.26. The Kier molecular flexibility index (Phi) is 5.39. The number of alkyl carbamates (subject to hydrolysis) is 1. The van der Waals surface area contributed by atoms with E-state index in [1.807, 2.05) is 5.32 Å². The van der Waals surface area contributed by atoms with Gasteiger partial charge in [-0.15, -0.1) is 0 Å². The van der Waals surface area contributed by atoms with E-state index in [9.17, 15) is 14.4 Å². The fourth-order valence-electron chi connectivity index (χ4n) is 1.26. The van der Waals surface area contributed by atoms with Gasteiger partial charge in [0.25, 0.3) is 0 Å². The number of anilines is 1. The smallest absolute Gasteiger partial charge is 0.415 e. The van der Waals surface area contributed by atoms with Crippen LogP contribution < -0.4 is 10.6 Å². The van der Waals surface area contributed by atoms with E-state index < -0.39 is 18.1 Å². The van der Waals surface area contributed by atoms with Gasteiger partial charge in [-0.2, -0.15) is 0 Å². The molecule has 8 nitrogen and oxygen atoms in total. The van der Waals surface area contributed by atoms with Gasteiger partial charge in [0.1, 0.15) is 11.4 Å². The summed E-state index contributed by atoms with van der Waals surface area (Å²) in [7, 11) is 0. The third-order valence-corrected chi connectivity index (χ3v) is 1.97. The first-order chi connectivity index (χ1) is 9.08. The second-order valence-electron chi connectivity index (χ2n) is 3.29. The maximum Gasteiger partial charge on any atom is 0.415 e. The Morgan fingerprint density at radius 1 is 1.21 bits per heavy atom. The molecule has 0 atom stereocenters. The van der Waals surface area contributed by atoms with Crippen molar-refractivity contribution in [1.82, 2.24) is 10.3 Å². The lowest BCUT2D eigenvalue weighted by atomic mass is 10.3. The lowest BCUT2D eigenvalue weighted by molar-refractivity contribution is 0.0528. The number of aromatic nitrogens is 1. The van der Waals surface area contributed by atoms with E-state index in [-0.39, 0.29) is 24.6 Å². The van der Waals surface area contributed by atoms with Crippen LogP contribution in [0, 0.1) is 0 Å². The number of rotatable bonds is 4. The van der Waals surface area contributed by atoms with E-state index in [0.29, 0.717) is 0 Å². The zero-order valence-electron chi connectivity index (χ0n) is 10.6. The summed E-state index contributed by atoms with van der Waals surface area (Å²) >= 11 is 0. The summed E-state index contributed by atoms with van der Waals surface area (Å²) in [6, 6.07) is 0.643. The zero-order chi connectivity index (χ0) is 14.3. The Bertz CT molecular complexity index is 469. The van der Waals surface area contributed by atoms with E-state index in [4.69, 9.17) is 4.74 Å². The van der Waals surface area contributed by atoms with E-state index in [1.165, 1.54) is 12.3 Å². The lowest BCUT2D eigenvalue weighted by Crippen LogP contribution is -2.35. The molecule has 8 heteroatoms. The summed E-state index contributed by atoms with van der Waals surface area (Å²) in [6.45, 7) is 3.65. The number of imide groups is 1. The Hall–Kier alpha value is -2.51. The van der Waals surface area contributed by atoms with E-state index in [2.05, 4.69) is 15.0 Å². The van der Waals surface area contributed by atoms with Gasteiger partial charge in [-0.3, -0.25) is 5.32 Å². The molecule has 104 valence electrons. The average molecular weight is 269 g/mol. The number of amides is 3. The van der Waals surface area contributed by atoms with Crippen molar-refractivity contribution < 1.29 is 23.9 Å². The molecule has 0 aliphatic rings. The van der Waals surface area contributed by atoms with Gasteiger partial charge >= 0.3 is 18.1 Å². The summed E-state index contributed by atoms with van der Waals surface area (Å²) in [5.74, 6) is -0.435. The number of ether oxygens (including phenoxy) is 2. The Balaban J connectivity index is 2.62. The zero-order valence-corrected chi connectivity index (χ0v) is 10.6. The standard InChI is InChI=1S/C11H15N3O5/c1-3-18-9(15)7-5-6-12-8(7)13-10(16)14-11(17)19-4-2/h5-6,12H,3-4H2,1-2H3,(H2,13,14,16,17). The minimum Gasteiger partial charge on any atom is -0.462 e. The van der Waals surface area contributed by atoms with Crippen LogP contribution in [-0.2, 0) is 9.47 Å². The molecule has 3 amide bonds. The van der Waals surface area contributed by atoms with Crippen LogP contribution in [0.4, 0.5) is 15.4 Å². The lowest BCUT2D eigenvalue weighted by Gasteiger charge is -2.07. The highest BCUT2D eigenvalue weighted by molar-refractivity contribution is 6.03. The molecule has 0 spiro atoms. The molecule has 3 N–H and O–H groups in total. The van der Waals surface area contributed by atoms with Crippen LogP contribution in [0.2, 0.25) is 0 Å². The van der Waals surface area contributed by atoms with Crippen LogP contribution in [0.5, 0.6) is 0 Å². The van der Waals surface area contributed by atoms with Gasteiger partial charge in [0.05, 0.1) is 13.2 Å². The molecule has 0 radical (unpaired) electrons. The molecule has 1 aromatic rings. The first kappa shape index (κ1) is 14.6. The van der Waals surface area contributed by atoms with Crippen LogP contribution in [-0.4, -0.2) is 36.3 Å². The van der Waals surface area contributed by atoms with Gasteiger partial charge in [0.2, 0.25) is 0 Å². The number of hydrogen-bond acceptors (Lipinski definition) is 5. The molecule has 0 aromatic carbocycles. The average Bonchev–Trinajstić information content (AvgIpc) is 2.77. The molecule has 1 aromatic heterocycles. The fraction of sp³-hybridized carbons (Fsp3) is 0.364. The second kappa shape index (κ2) is 7.04. The number of aromatic amines is 1. The first-order valence-corrected chi connectivity index (χ1v) is 5.67. The number of nitrogens with one attached hydrogen (secondary N) is 3. The number of hydrogen-bond donors (Lipinski definition) is 3. The minimum atomic E-state index is -0.871. The third-order valence-electron chi connectivity index (χ3n) is 1.97. The van der Waals surface area contributed by atoms with Crippen molar-refractivity contribution in [2.45, 2.75) is 13.8 Å². The van der Waals surface area contributed by atoms with Crippen LogP contribution in [0.3, 0.4) is 0 Å². The topological polar surface area (TPSA) is 110 Å². The predicted molar refractivity (Wildman–Crippen MR) is 65.9 cm³/mol. The van der Waals surface area contributed by atoms with Crippen molar-refractivity contribution in [3.8, 4) is 0 Å². The van der Waals surface area contributed by atoms with Gasteiger partial charge in [0.15, 0.2) is 0 Å². The maximum atomic E-state index is 11.5. The summed E-state index contributed by atoms with van der Waals surface area (Å²) in [5, 5.41) is 4.25. The van der Waals surface area contributed by atoms with Crippen molar-refractivity contribution in [3.05, 3.63) is 17.8 Å². The molecule has 0 saturated carbocycles. The number of urea groups is 1. The van der Waals surface area contributed by atoms with Gasteiger partial charge < -0.3 is 14.5 Å². The highest BCUT2D eigenvalue weighted by Crippen LogP contribution is 2.13. The van der Waals surface area contributed by atoms with E-state index >= 15 is 0 Å². The summed E-state index contributed by atoms with van der Waals surface area (Å²) in [5.41, 5.74) is 0.167. The van der Waals surface area contributed by atoms with Crippen molar-refractivity contribution >= 4 is 23.9 Å². The predicted octanol–water partition coefficient (Wildman–Crippen LogP) is 1.47. The summed E-state index contributed by atoms with van der Waals surface area (Å²) < 4.78 is 9.34. The summed E-state index contributed by atoms with van der Waals surface area (Å²) in [4.78, 5) is 36.6. The van der Waals surface area contributed by atoms with Crippen LogP contribution in [0.1, 0.15) is 24.2 Å². The molecule has 0 fully saturated rings. The van der Waals surface area contributed by atoms with Crippen molar-refractivity contribution in [3.63, 3.8) is 0 Å². The van der Waals surface area contributed by atoms with Gasteiger partial charge in [0, 0.05) is 6.20 Å². The number of carbonyl (C=O) groups excluding carboxylic acids is 3. The largest absolute Gasteiger partial charge is 0.462 e. The van der Waals surface area contributed by atoms with Crippen molar-refractivity contribution in [2.24, 2.45) is 0 Å². The number of H-pyrrole nitrogens is 1. The van der Waals surface area contributed by atoms with E-state index in [1.54, 1.807) is 13.8 Å². The highest BCUT2D eigenvalue weighted by Gasteiger charge is 2.16. The number of esters is 1. The molecule has 0 saturated heterocycles. The summed E-state index contributed by atoms with van der Waals surface area (Å²) in [6.07, 6.45) is 0.593. The van der Waals surface area contributed by atoms with Crippen LogP contribution in [0.25, 0.3) is 0 Å². The molecular weight excluding hydrogens is 254 g/mol. The molecule has 0 aliphatic heterocycles. The minimum absolute atomic E-state index is 0.139. The quantitative estimate of drug-likeness (QED) is 0.717. The molecule has 0 unspecified atom stereocenters. The van der Waals surface area contributed by atoms with Gasteiger partial charge in [-0.25, -0.2) is 19.7 Å². The molecule has 0 aliphatic carbocycles. The SMILES string of the molecule is CCOC(=O)NC(=O)Nc1[nH]ccc1C(=O)OCC. The molecular formula is C11H15N3O5. The van der Waals surface area contributed by atoms with Gasteiger partial charge in [-0.05, 0) is 19.9 Å². The Morgan fingerprint density at radius 2 is 1.89 bits per heavy atom. The molecule has 0 bridgehead atoms. The second-order valence-corrected chi connectivity index (χ2v) is 3.29. The van der Waals surface area contributed by atoms with E-state index in [0.717, 1.165) is 0 Å². The Labute approximate surface area is 109 Å².